The van der Waals surface area contributed by atoms with Crippen molar-refractivity contribution >= 4 is 9.84 Å². The Morgan fingerprint density at radius 3 is 2.05 bits per heavy atom. The van der Waals surface area contributed by atoms with E-state index in [-0.39, 0.29) is 4.90 Å². The second-order valence-corrected chi connectivity index (χ2v) is 5.38. The van der Waals surface area contributed by atoms with Gasteiger partial charge in [0.1, 0.15) is 6.07 Å². The highest BCUT2D eigenvalue weighted by Crippen LogP contribution is 2.10. The second-order valence-electron chi connectivity index (χ2n) is 3.70. The first-order valence-corrected chi connectivity index (χ1v) is 6.94. The SMILES string of the molecule is N#Cc1ccccc1C#CS(=O)(=O)c1ccccc1. The minimum absolute atomic E-state index is 0.150. The number of hydrogen-bond donors (Lipinski definition) is 0. The Morgan fingerprint density at radius 1 is 0.842 bits per heavy atom. The molecule has 0 atom stereocenters. The first-order valence-electron chi connectivity index (χ1n) is 5.45. The van der Waals surface area contributed by atoms with E-state index in [0.29, 0.717) is 11.1 Å². The number of hydrogen-bond acceptors (Lipinski definition) is 3. The van der Waals surface area contributed by atoms with Crippen LogP contribution in [0.1, 0.15) is 11.1 Å². The predicted octanol–water partition coefficient (Wildman–Crippen LogP) is 2.34. The van der Waals surface area contributed by atoms with E-state index in [9.17, 15) is 8.42 Å². The summed E-state index contributed by atoms with van der Waals surface area (Å²) < 4.78 is 23.9. The lowest BCUT2D eigenvalue weighted by Gasteiger charge is -1.95. The number of benzene rings is 2. The molecule has 0 bridgehead atoms. The average Bonchev–Trinajstić information content (AvgIpc) is 2.46. The lowest BCUT2D eigenvalue weighted by atomic mass is 10.1. The fourth-order valence-corrected chi connectivity index (χ4v) is 2.35. The number of nitriles is 1. The van der Waals surface area contributed by atoms with Gasteiger partial charge >= 0.3 is 0 Å². The van der Waals surface area contributed by atoms with Crippen LogP contribution in [0.25, 0.3) is 0 Å². The highest BCUT2D eigenvalue weighted by Gasteiger charge is 2.09. The third-order valence-electron chi connectivity index (χ3n) is 2.42. The van der Waals surface area contributed by atoms with Crippen LogP contribution in [0.5, 0.6) is 0 Å². The van der Waals surface area contributed by atoms with Crippen molar-refractivity contribution in [3.05, 3.63) is 65.7 Å². The molecule has 0 radical (unpaired) electrons. The average molecular weight is 267 g/mol. The summed E-state index contributed by atoms with van der Waals surface area (Å²) in [5.41, 5.74) is 0.766. The fourth-order valence-electron chi connectivity index (χ4n) is 1.47. The first-order chi connectivity index (χ1) is 9.13. The monoisotopic (exact) mass is 267 g/mol. The molecule has 0 saturated carbocycles. The molecule has 19 heavy (non-hydrogen) atoms. The van der Waals surface area contributed by atoms with E-state index in [0.717, 1.165) is 0 Å². The fraction of sp³-hybridized carbons (Fsp3) is 0. The van der Waals surface area contributed by atoms with Crippen LogP contribution in [0, 0.1) is 22.5 Å². The molecule has 0 unspecified atom stereocenters. The van der Waals surface area contributed by atoms with E-state index in [1.54, 1.807) is 42.5 Å². The molecule has 3 nitrogen and oxygen atoms in total. The van der Waals surface area contributed by atoms with Crippen LogP contribution in [-0.2, 0) is 9.84 Å². The van der Waals surface area contributed by atoms with E-state index in [4.69, 9.17) is 5.26 Å². The van der Waals surface area contributed by atoms with Gasteiger partial charge in [-0.25, -0.2) is 8.42 Å². The largest absolute Gasteiger partial charge is 0.245 e. The molecule has 0 aliphatic rings. The van der Waals surface area contributed by atoms with Gasteiger partial charge in [0.25, 0.3) is 0 Å². The molecular formula is C15H9NO2S. The number of sulfone groups is 1. The third-order valence-corrected chi connectivity index (χ3v) is 3.68. The molecule has 92 valence electrons. The van der Waals surface area contributed by atoms with Crippen molar-refractivity contribution < 1.29 is 8.42 Å². The van der Waals surface area contributed by atoms with Gasteiger partial charge in [-0.05, 0) is 30.2 Å². The van der Waals surface area contributed by atoms with Gasteiger partial charge in [-0.15, -0.1) is 0 Å². The molecule has 0 aliphatic heterocycles. The maximum absolute atomic E-state index is 11.9. The molecule has 2 rings (SSSR count). The summed E-state index contributed by atoms with van der Waals surface area (Å²) in [7, 11) is -3.65. The molecule has 2 aromatic rings. The molecule has 0 N–H and O–H groups in total. The van der Waals surface area contributed by atoms with Crippen molar-refractivity contribution in [1.82, 2.24) is 0 Å². The lowest BCUT2D eigenvalue weighted by Crippen LogP contribution is -1.96. The molecule has 0 aliphatic carbocycles. The smallest absolute Gasteiger partial charge is 0.210 e. The Labute approximate surface area is 112 Å². The summed E-state index contributed by atoms with van der Waals surface area (Å²) in [4.78, 5) is 0.150. The minimum atomic E-state index is -3.65. The van der Waals surface area contributed by atoms with Gasteiger partial charge in [0.2, 0.25) is 9.84 Å². The number of nitrogens with zero attached hydrogens (tertiary/aromatic N) is 1. The molecular weight excluding hydrogens is 258 g/mol. The van der Waals surface area contributed by atoms with E-state index >= 15 is 0 Å². The van der Waals surface area contributed by atoms with Crippen molar-refractivity contribution in [1.29, 1.82) is 5.26 Å². The van der Waals surface area contributed by atoms with Crippen molar-refractivity contribution in [2.24, 2.45) is 0 Å². The predicted molar refractivity (Wildman–Crippen MR) is 71.7 cm³/mol. The van der Waals surface area contributed by atoms with Crippen LogP contribution in [0.2, 0.25) is 0 Å². The summed E-state index contributed by atoms with van der Waals surface area (Å²) in [6.45, 7) is 0. The molecule has 0 saturated heterocycles. The normalized spacial score (nSPS) is 10.1. The van der Waals surface area contributed by atoms with Gasteiger partial charge in [-0.1, -0.05) is 30.3 Å². The highest BCUT2D eigenvalue weighted by atomic mass is 32.2. The topological polar surface area (TPSA) is 57.9 Å². The van der Waals surface area contributed by atoms with Gasteiger partial charge in [-0.2, -0.15) is 5.26 Å². The van der Waals surface area contributed by atoms with E-state index in [2.05, 4.69) is 11.2 Å². The summed E-state index contributed by atoms with van der Waals surface area (Å²) in [5, 5.41) is 11.1. The Kier molecular flexibility index (Phi) is 3.66. The van der Waals surface area contributed by atoms with E-state index in [1.807, 2.05) is 6.07 Å². The van der Waals surface area contributed by atoms with Gasteiger partial charge in [0, 0.05) is 10.8 Å². The zero-order valence-electron chi connectivity index (χ0n) is 9.87. The Morgan fingerprint density at radius 2 is 1.42 bits per heavy atom. The van der Waals surface area contributed by atoms with Crippen LogP contribution < -0.4 is 0 Å². The quantitative estimate of drug-likeness (QED) is 0.745. The zero-order valence-corrected chi connectivity index (χ0v) is 10.7. The van der Waals surface area contributed by atoms with Crippen LogP contribution in [0.15, 0.2) is 59.5 Å². The van der Waals surface area contributed by atoms with Crippen molar-refractivity contribution in [2.75, 3.05) is 0 Å². The molecule has 0 spiro atoms. The molecule has 4 heteroatoms. The van der Waals surface area contributed by atoms with E-state index < -0.39 is 9.84 Å². The van der Waals surface area contributed by atoms with Crippen LogP contribution >= 0.6 is 0 Å². The highest BCUT2D eigenvalue weighted by molar-refractivity contribution is 7.96. The summed E-state index contributed by atoms with van der Waals surface area (Å²) >= 11 is 0. The number of rotatable bonds is 1. The summed E-state index contributed by atoms with van der Waals surface area (Å²) in [6, 6.07) is 16.6. The van der Waals surface area contributed by atoms with Gasteiger partial charge in [-0.3, -0.25) is 0 Å². The standard InChI is InChI=1S/C15H9NO2S/c16-12-14-7-5-4-6-13(14)10-11-19(17,18)15-8-2-1-3-9-15/h1-9H. The molecule has 0 amide bonds. The van der Waals surface area contributed by atoms with Crippen LogP contribution in [0.4, 0.5) is 0 Å². The summed E-state index contributed by atoms with van der Waals surface area (Å²) in [6.07, 6.45) is 0. The van der Waals surface area contributed by atoms with Crippen LogP contribution in [-0.4, -0.2) is 8.42 Å². The summed E-state index contributed by atoms with van der Waals surface area (Å²) in [5.74, 6) is 2.54. The maximum atomic E-state index is 11.9. The minimum Gasteiger partial charge on any atom is -0.210 e. The van der Waals surface area contributed by atoms with Gasteiger partial charge in [0.15, 0.2) is 0 Å². The second kappa shape index (κ2) is 5.39. The van der Waals surface area contributed by atoms with Gasteiger partial charge in [0.05, 0.1) is 10.5 Å². The van der Waals surface area contributed by atoms with Crippen LogP contribution in [0.3, 0.4) is 0 Å². The molecule has 0 fully saturated rings. The zero-order chi connectivity index (χ0) is 13.7. The van der Waals surface area contributed by atoms with Crippen molar-refractivity contribution in [3.8, 4) is 17.2 Å². The Balaban J connectivity index is 2.43. The Hall–Kier alpha value is -2.56. The maximum Gasteiger partial charge on any atom is 0.245 e. The van der Waals surface area contributed by atoms with E-state index in [1.165, 1.54) is 12.1 Å². The lowest BCUT2D eigenvalue weighted by molar-refractivity contribution is 0.606. The van der Waals surface area contributed by atoms with Crippen molar-refractivity contribution in [3.63, 3.8) is 0 Å². The Bertz CT molecular complexity index is 791. The molecule has 0 aromatic heterocycles. The molecule has 2 aromatic carbocycles. The first kappa shape index (κ1) is 12.9. The third kappa shape index (κ3) is 3.01. The molecule has 0 heterocycles. The van der Waals surface area contributed by atoms with Gasteiger partial charge < -0.3 is 0 Å². The van der Waals surface area contributed by atoms with Crippen molar-refractivity contribution in [2.45, 2.75) is 4.90 Å².